The van der Waals surface area contributed by atoms with Gasteiger partial charge in [0.05, 0.1) is 0 Å². The summed E-state index contributed by atoms with van der Waals surface area (Å²) in [6, 6.07) is 26.3. The molecule has 1 unspecified atom stereocenters. The van der Waals surface area contributed by atoms with Crippen molar-refractivity contribution in [2.75, 3.05) is 5.32 Å². The molecule has 0 aliphatic carbocycles. The molecule has 1 aliphatic rings. The highest BCUT2D eigenvalue weighted by Crippen LogP contribution is 2.46. The number of carbonyl (C=O) groups excluding carboxylic acids is 1. The van der Waals surface area contributed by atoms with E-state index in [4.69, 9.17) is 0 Å². The van der Waals surface area contributed by atoms with Crippen molar-refractivity contribution in [3.63, 3.8) is 0 Å². The molecule has 4 rings (SSSR count). The fourth-order valence-electron chi connectivity index (χ4n) is 3.90. The summed E-state index contributed by atoms with van der Waals surface area (Å²) in [4.78, 5) is 13.3. The van der Waals surface area contributed by atoms with Crippen LogP contribution in [0.4, 0.5) is 11.4 Å². The van der Waals surface area contributed by atoms with E-state index < -0.39 is 0 Å². The Labute approximate surface area is 148 Å². The van der Waals surface area contributed by atoms with Gasteiger partial charge in [-0.2, -0.15) is 0 Å². The van der Waals surface area contributed by atoms with Crippen LogP contribution in [0.1, 0.15) is 40.7 Å². The van der Waals surface area contributed by atoms with Crippen molar-refractivity contribution in [3.05, 3.63) is 95.6 Å². The molecule has 0 saturated heterocycles. The van der Waals surface area contributed by atoms with Gasteiger partial charge in [0, 0.05) is 28.8 Å². The molecule has 3 aromatic rings. The van der Waals surface area contributed by atoms with Gasteiger partial charge in [-0.05, 0) is 29.7 Å². The van der Waals surface area contributed by atoms with Gasteiger partial charge in [0.1, 0.15) is 0 Å². The van der Waals surface area contributed by atoms with Crippen molar-refractivity contribution < 1.29 is 4.79 Å². The molecule has 124 valence electrons. The van der Waals surface area contributed by atoms with E-state index in [2.05, 4.69) is 48.6 Å². The summed E-state index contributed by atoms with van der Waals surface area (Å²) < 4.78 is 0. The number of anilines is 2. The lowest BCUT2D eigenvalue weighted by Gasteiger charge is -2.34. The number of fused-ring (bicyclic) bond motifs is 2. The van der Waals surface area contributed by atoms with Crippen LogP contribution in [0.25, 0.3) is 0 Å². The van der Waals surface area contributed by atoms with E-state index in [1.54, 1.807) is 0 Å². The molecular weight excluding hydrogens is 306 g/mol. The number of para-hydroxylation sites is 2. The number of carbonyl (C=O) groups is 1. The highest BCUT2D eigenvalue weighted by atomic mass is 16.1. The van der Waals surface area contributed by atoms with Gasteiger partial charge in [0.15, 0.2) is 5.78 Å². The molecule has 0 fully saturated rings. The number of benzene rings is 3. The van der Waals surface area contributed by atoms with Crippen molar-refractivity contribution in [3.8, 4) is 0 Å². The molecule has 0 spiro atoms. The summed E-state index contributed by atoms with van der Waals surface area (Å²) in [5, 5.41) is 3.52. The van der Waals surface area contributed by atoms with E-state index in [-0.39, 0.29) is 17.6 Å². The minimum Gasteiger partial charge on any atom is -0.355 e. The maximum absolute atomic E-state index is 13.3. The first-order valence-corrected chi connectivity index (χ1v) is 8.83. The zero-order chi connectivity index (χ0) is 17.2. The Balaban J connectivity index is 1.84. The molecule has 25 heavy (non-hydrogen) atoms. The monoisotopic (exact) mass is 327 g/mol. The van der Waals surface area contributed by atoms with Crippen molar-refractivity contribution in [1.82, 2.24) is 0 Å². The number of nitrogens with one attached hydrogen (secondary N) is 1. The molecule has 2 nitrogen and oxygen atoms in total. The van der Waals surface area contributed by atoms with E-state index in [0.29, 0.717) is 0 Å². The minimum absolute atomic E-state index is 0.0753. The SMILES string of the molecule is CCC(C(=O)c1ccccc1)C1c2ccccc2Nc2ccccc21. The number of hydrogen-bond donors (Lipinski definition) is 1. The van der Waals surface area contributed by atoms with Crippen LogP contribution in [-0.4, -0.2) is 5.78 Å². The molecule has 0 amide bonds. The highest BCUT2D eigenvalue weighted by molar-refractivity contribution is 5.99. The third kappa shape index (κ3) is 2.74. The van der Waals surface area contributed by atoms with E-state index in [1.807, 2.05) is 42.5 Å². The Morgan fingerprint density at radius 3 is 1.92 bits per heavy atom. The van der Waals surface area contributed by atoms with Crippen LogP contribution in [-0.2, 0) is 0 Å². The molecule has 0 radical (unpaired) electrons. The first kappa shape index (κ1) is 15.6. The van der Waals surface area contributed by atoms with Gasteiger partial charge in [-0.3, -0.25) is 4.79 Å². The van der Waals surface area contributed by atoms with E-state index >= 15 is 0 Å². The maximum Gasteiger partial charge on any atom is 0.166 e. The molecule has 1 atom stereocenters. The molecule has 1 heterocycles. The average molecular weight is 327 g/mol. The summed E-state index contributed by atoms with van der Waals surface area (Å²) >= 11 is 0. The molecule has 1 N–H and O–H groups in total. The molecule has 3 aromatic carbocycles. The van der Waals surface area contributed by atoms with Crippen molar-refractivity contribution in [2.45, 2.75) is 19.3 Å². The zero-order valence-corrected chi connectivity index (χ0v) is 14.3. The summed E-state index contributed by atoms with van der Waals surface area (Å²) in [7, 11) is 0. The number of hydrogen-bond acceptors (Lipinski definition) is 2. The summed E-state index contributed by atoms with van der Waals surface area (Å²) in [5.41, 5.74) is 5.41. The Morgan fingerprint density at radius 1 is 0.840 bits per heavy atom. The predicted octanol–water partition coefficient (Wildman–Crippen LogP) is 5.78. The Hall–Kier alpha value is -2.87. The third-order valence-corrected chi connectivity index (χ3v) is 5.10. The fraction of sp³-hybridized carbons (Fsp3) is 0.174. The summed E-state index contributed by atoms with van der Waals surface area (Å²) in [6.45, 7) is 2.11. The van der Waals surface area contributed by atoms with Crippen LogP contribution in [0.15, 0.2) is 78.9 Å². The second kappa shape index (κ2) is 6.56. The Bertz CT molecular complexity index is 855. The van der Waals surface area contributed by atoms with Gasteiger partial charge in [-0.1, -0.05) is 73.7 Å². The number of ketones is 1. The second-order valence-corrected chi connectivity index (χ2v) is 6.52. The topological polar surface area (TPSA) is 29.1 Å². The largest absolute Gasteiger partial charge is 0.355 e. The lowest BCUT2D eigenvalue weighted by Crippen LogP contribution is -2.26. The predicted molar refractivity (Wildman–Crippen MR) is 103 cm³/mol. The third-order valence-electron chi connectivity index (χ3n) is 5.10. The standard InChI is InChI=1S/C23H21NO/c1-2-17(23(25)16-10-4-3-5-11-16)22-18-12-6-8-14-20(18)24-21-15-9-7-13-19(21)22/h3-15,17,22,24H,2H2,1H3. The van der Waals surface area contributed by atoms with Gasteiger partial charge >= 0.3 is 0 Å². The number of Topliss-reactive ketones (excluding diaryl/α,β-unsaturated/α-hetero) is 1. The minimum atomic E-state index is -0.0770. The quantitative estimate of drug-likeness (QED) is 0.615. The van der Waals surface area contributed by atoms with E-state index in [1.165, 1.54) is 11.1 Å². The highest BCUT2D eigenvalue weighted by Gasteiger charge is 2.35. The van der Waals surface area contributed by atoms with Gasteiger partial charge < -0.3 is 5.32 Å². The summed E-state index contributed by atoms with van der Waals surface area (Å²) in [5.74, 6) is 0.220. The lowest BCUT2D eigenvalue weighted by molar-refractivity contribution is 0.0904. The smallest absolute Gasteiger partial charge is 0.166 e. The van der Waals surface area contributed by atoms with E-state index in [9.17, 15) is 4.79 Å². The molecule has 2 heteroatoms. The normalized spacial score (nSPS) is 14.1. The van der Waals surface area contributed by atoms with Crippen LogP contribution in [0.5, 0.6) is 0 Å². The summed E-state index contributed by atoms with van der Waals surface area (Å²) in [6.07, 6.45) is 0.807. The lowest BCUT2D eigenvalue weighted by atomic mass is 9.73. The Morgan fingerprint density at radius 2 is 1.36 bits per heavy atom. The van der Waals surface area contributed by atoms with Crippen LogP contribution < -0.4 is 5.32 Å². The molecule has 1 aliphatic heterocycles. The Kier molecular flexibility index (Phi) is 4.10. The average Bonchev–Trinajstić information content (AvgIpc) is 2.68. The van der Waals surface area contributed by atoms with Crippen LogP contribution in [0.2, 0.25) is 0 Å². The van der Waals surface area contributed by atoms with Crippen LogP contribution in [0, 0.1) is 5.92 Å². The molecular formula is C23H21NO. The zero-order valence-electron chi connectivity index (χ0n) is 14.3. The molecule has 0 saturated carbocycles. The van der Waals surface area contributed by atoms with Crippen LogP contribution in [0.3, 0.4) is 0 Å². The maximum atomic E-state index is 13.3. The van der Waals surface area contributed by atoms with Gasteiger partial charge in [-0.25, -0.2) is 0 Å². The van der Waals surface area contributed by atoms with Gasteiger partial charge in [0.25, 0.3) is 0 Å². The first-order valence-electron chi connectivity index (χ1n) is 8.83. The van der Waals surface area contributed by atoms with Gasteiger partial charge in [0.2, 0.25) is 0 Å². The van der Waals surface area contributed by atoms with Crippen molar-refractivity contribution in [1.29, 1.82) is 0 Å². The number of rotatable bonds is 4. The first-order chi connectivity index (χ1) is 12.3. The molecule has 0 bridgehead atoms. The van der Waals surface area contributed by atoms with E-state index in [0.717, 1.165) is 23.4 Å². The van der Waals surface area contributed by atoms with Crippen LogP contribution >= 0.6 is 0 Å². The second-order valence-electron chi connectivity index (χ2n) is 6.52. The van der Waals surface area contributed by atoms with Crippen molar-refractivity contribution in [2.24, 2.45) is 5.92 Å². The van der Waals surface area contributed by atoms with Gasteiger partial charge in [-0.15, -0.1) is 0 Å². The van der Waals surface area contributed by atoms with Crippen molar-refractivity contribution >= 4 is 17.2 Å². The molecule has 0 aromatic heterocycles. The fourth-order valence-corrected chi connectivity index (χ4v) is 3.90.